The average molecular weight is 391 g/mol. The molecule has 1 aliphatic heterocycles. The number of fused-ring (bicyclic) bond motifs is 1. The molecule has 0 aliphatic carbocycles. The Morgan fingerprint density at radius 3 is 2.45 bits per heavy atom. The third-order valence-electron chi connectivity index (χ3n) is 5.64. The van der Waals surface area contributed by atoms with E-state index in [1.54, 1.807) is 0 Å². The van der Waals surface area contributed by atoms with Crippen molar-refractivity contribution in [3.8, 4) is 0 Å². The maximum atomic E-state index is 12.2. The second-order valence-corrected chi connectivity index (χ2v) is 7.98. The number of nitrogens with zero attached hydrogens (tertiary/aromatic N) is 2. The van der Waals surface area contributed by atoms with E-state index >= 15 is 0 Å². The molecule has 152 valence electrons. The molecule has 4 rings (SSSR count). The number of carbonyl (C=O) groups excluding carboxylic acids is 1. The molecule has 0 atom stereocenters. The molecule has 1 aliphatic rings. The number of likely N-dealkylation sites (tertiary alicyclic amines) is 1. The number of para-hydroxylation sites is 2. The van der Waals surface area contributed by atoms with Crippen molar-refractivity contribution in [3.05, 3.63) is 65.5 Å². The first-order chi connectivity index (χ1) is 14.3. The van der Waals surface area contributed by atoms with Gasteiger partial charge >= 0.3 is 0 Å². The van der Waals surface area contributed by atoms with Crippen LogP contribution in [-0.4, -0.2) is 33.9 Å². The van der Waals surface area contributed by atoms with E-state index in [9.17, 15) is 4.79 Å². The van der Waals surface area contributed by atoms with Crippen LogP contribution in [0.1, 0.15) is 49.1 Å². The normalized spacial score (nSPS) is 15.3. The zero-order valence-electron chi connectivity index (χ0n) is 17.0. The van der Waals surface area contributed by atoms with Gasteiger partial charge in [0.25, 0.3) is 0 Å². The van der Waals surface area contributed by atoms with Crippen LogP contribution in [0.2, 0.25) is 0 Å². The Morgan fingerprint density at radius 2 is 1.69 bits per heavy atom. The van der Waals surface area contributed by atoms with Crippen LogP contribution in [0.3, 0.4) is 0 Å². The van der Waals surface area contributed by atoms with E-state index in [-0.39, 0.29) is 5.91 Å². The maximum absolute atomic E-state index is 12.2. The summed E-state index contributed by atoms with van der Waals surface area (Å²) in [4.78, 5) is 22.6. The molecule has 3 aromatic rings. The number of carbonyl (C=O) groups is 1. The number of nitrogens with one attached hydrogen (secondary N) is 2. The Morgan fingerprint density at radius 1 is 0.966 bits per heavy atom. The van der Waals surface area contributed by atoms with E-state index in [2.05, 4.69) is 44.5 Å². The number of benzene rings is 2. The van der Waals surface area contributed by atoms with Crippen molar-refractivity contribution in [2.24, 2.45) is 0 Å². The molecule has 29 heavy (non-hydrogen) atoms. The van der Waals surface area contributed by atoms with E-state index in [1.807, 2.05) is 24.3 Å². The minimum absolute atomic E-state index is 0.0547. The standard InChI is InChI=1S/C24H30N4O/c29-24(14-13-23-26-21-7-3-4-8-22(21)27-23)25-17-19-9-11-20(12-10-19)18-28-15-5-1-2-6-16-28/h3-4,7-12H,1-2,5-6,13-18H2,(H,25,29)(H,26,27). The third kappa shape index (κ3) is 5.67. The molecule has 1 aromatic heterocycles. The molecular weight excluding hydrogens is 360 g/mol. The van der Waals surface area contributed by atoms with Crippen LogP contribution >= 0.6 is 0 Å². The molecule has 0 spiro atoms. The number of aryl methyl sites for hydroxylation is 1. The quantitative estimate of drug-likeness (QED) is 0.636. The number of hydrogen-bond donors (Lipinski definition) is 2. The van der Waals surface area contributed by atoms with Gasteiger partial charge in [-0.1, -0.05) is 49.2 Å². The van der Waals surface area contributed by atoms with Crippen molar-refractivity contribution in [3.63, 3.8) is 0 Å². The highest BCUT2D eigenvalue weighted by Gasteiger charge is 2.10. The highest BCUT2D eigenvalue weighted by atomic mass is 16.1. The molecule has 2 aromatic carbocycles. The molecule has 1 fully saturated rings. The molecule has 5 nitrogen and oxygen atoms in total. The van der Waals surface area contributed by atoms with Crippen LogP contribution in [0, 0.1) is 0 Å². The van der Waals surface area contributed by atoms with Crippen molar-refractivity contribution in [1.82, 2.24) is 20.2 Å². The largest absolute Gasteiger partial charge is 0.352 e. The highest BCUT2D eigenvalue weighted by molar-refractivity contribution is 5.77. The molecule has 2 N–H and O–H groups in total. The fourth-order valence-electron chi connectivity index (χ4n) is 3.96. The van der Waals surface area contributed by atoms with Gasteiger partial charge in [0.15, 0.2) is 0 Å². The first-order valence-electron chi connectivity index (χ1n) is 10.8. The summed E-state index contributed by atoms with van der Waals surface area (Å²) in [6.45, 7) is 4.03. The maximum Gasteiger partial charge on any atom is 0.220 e. The molecule has 0 radical (unpaired) electrons. The average Bonchev–Trinajstić information content (AvgIpc) is 3.00. The van der Waals surface area contributed by atoms with Gasteiger partial charge in [-0.15, -0.1) is 0 Å². The lowest BCUT2D eigenvalue weighted by atomic mass is 10.1. The lowest BCUT2D eigenvalue weighted by Crippen LogP contribution is -2.24. The molecule has 1 amide bonds. The second-order valence-electron chi connectivity index (χ2n) is 7.98. The molecular formula is C24H30N4O. The fraction of sp³-hybridized carbons (Fsp3) is 0.417. The van der Waals surface area contributed by atoms with Crippen LogP contribution in [0.25, 0.3) is 11.0 Å². The van der Waals surface area contributed by atoms with Crippen LogP contribution in [-0.2, 0) is 24.3 Å². The Kier molecular flexibility index (Phi) is 6.57. The van der Waals surface area contributed by atoms with Crippen molar-refractivity contribution in [1.29, 1.82) is 0 Å². The molecule has 2 heterocycles. The Bertz CT molecular complexity index is 890. The summed E-state index contributed by atoms with van der Waals surface area (Å²) in [6, 6.07) is 16.6. The van der Waals surface area contributed by atoms with Gasteiger partial charge in [-0.05, 0) is 49.2 Å². The van der Waals surface area contributed by atoms with Crippen LogP contribution in [0.5, 0.6) is 0 Å². The number of aromatic amines is 1. The summed E-state index contributed by atoms with van der Waals surface area (Å²) >= 11 is 0. The minimum Gasteiger partial charge on any atom is -0.352 e. The number of rotatable bonds is 7. The van der Waals surface area contributed by atoms with E-state index in [1.165, 1.54) is 44.3 Å². The monoisotopic (exact) mass is 390 g/mol. The SMILES string of the molecule is O=C(CCc1nc2ccccc2[nH]1)NCc1ccc(CN2CCCCCC2)cc1. The van der Waals surface area contributed by atoms with E-state index in [0.29, 0.717) is 19.4 Å². The van der Waals surface area contributed by atoms with Crippen molar-refractivity contribution >= 4 is 16.9 Å². The zero-order valence-corrected chi connectivity index (χ0v) is 17.0. The Balaban J connectivity index is 1.21. The zero-order chi connectivity index (χ0) is 19.9. The molecule has 0 unspecified atom stereocenters. The van der Waals surface area contributed by atoms with Crippen LogP contribution in [0.4, 0.5) is 0 Å². The van der Waals surface area contributed by atoms with Gasteiger partial charge in [0.05, 0.1) is 11.0 Å². The van der Waals surface area contributed by atoms with Gasteiger partial charge in [-0.3, -0.25) is 9.69 Å². The van der Waals surface area contributed by atoms with Gasteiger partial charge in [-0.25, -0.2) is 4.98 Å². The van der Waals surface area contributed by atoms with Crippen LogP contribution in [0.15, 0.2) is 48.5 Å². The van der Waals surface area contributed by atoms with Gasteiger partial charge in [-0.2, -0.15) is 0 Å². The fourth-order valence-corrected chi connectivity index (χ4v) is 3.96. The van der Waals surface area contributed by atoms with Gasteiger partial charge < -0.3 is 10.3 Å². The topological polar surface area (TPSA) is 61.0 Å². The molecule has 5 heteroatoms. The van der Waals surface area contributed by atoms with Gasteiger partial charge in [0.2, 0.25) is 5.91 Å². The van der Waals surface area contributed by atoms with Crippen molar-refractivity contribution in [2.75, 3.05) is 13.1 Å². The summed E-state index contributed by atoms with van der Waals surface area (Å²) < 4.78 is 0. The Labute approximate surface area is 172 Å². The number of imidazole rings is 1. The van der Waals surface area contributed by atoms with E-state index in [4.69, 9.17) is 0 Å². The smallest absolute Gasteiger partial charge is 0.220 e. The summed E-state index contributed by atoms with van der Waals surface area (Å²) in [5, 5.41) is 3.02. The molecule has 0 bridgehead atoms. The lowest BCUT2D eigenvalue weighted by Gasteiger charge is -2.19. The van der Waals surface area contributed by atoms with Crippen molar-refractivity contribution < 1.29 is 4.79 Å². The summed E-state index contributed by atoms with van der Waals surface area (Å²) in [6.07, 6.45) is 6.43. The number of amides is 1. The number of hydrogen-bond acceptors (Lipinski definition) is 3. The van der Waals surface area contributed by atoms with E-state index in [0.717, 1.165) is 29.0 Å². The summed E-state index contributed by atoms with van der Waals surface area (Å²) in [5.41, 5.74) is 4.46. The highest BCUT2D eigenvalue weighted by Crippen LogP contribution is 2.14. The molecule has 1 saturated heterocycles. The number of aromatic nitrogens is 2. The first kappa shape index (κ1) is 19.6. The summed E-state index contributed by atoms with van der Waals surface area (Å²) in [7, 11) is 0. The Hall–Kier alpha value is -2.66. The summed E-state index contributed by atoms with van der Waals surface area (Å²) in [5.74, 6) is 0.915. The van der Waals surface area contributed by atoms with Crippen LogP contribution < -0.4 is 5.32 Å². The van der Waals surface area contributed by atoms with Crippen molar-refractivity contribution in [2.45, 2.75) is 51.6 Å². The molecule has 0 saturated carbocycles. The first-order valence-corrected chi connectivity index (χ1v) is 10.8. The predicted molar refractivity (Wildman–Crippen MR) is 116 cm³/mol. The van der Waals surface area contributed by atoms with Gasteiger partial charge in [0.1, 0.15) is 5.82 Å². The predicted octanol–water partition coefficient (Wildman–Crippen LogP) is 4.19. The second kappa shape index (κ2) is 9.70. The lowest BCUT2D eigenvalue weighted by molar-refractivity contribution is -0.121. The van der Waals surface area contributed by atoms with Gasteiger partial charge in [0, 0.05) is 25.9 Å². The number of H-pyrrole nitrogens is 1. The minimum atomic E-state index is 0.0547. The third-order valence-corrected chi connectivity index (χ3v) is 5.64. The van der Waals surface area contributed by atoms with E-state index < -0.39 is 0 Å².